The van der Waals surface area contributed by atoms with E-state index in [1.54, 1.807) is 41.0 Å². The summed E-state index contributed by atoms with van der Waals surface area (Å²) in [5.41, 5.74) is 4.78. The highest BCUT2D eigenvalue weighted by Crippen LogP contribution is 2.19. The van der Waals surface area contributed by atoms with Gasteiger partial charge in [0.15, 0.2) is 0 Å². The summed E-state index contributed by atoms with van der Waals surface area (Å²) >= 11 is 0. The van der Waals surface area contributed by atoms with E-state index in [0.29, 0.717) is 43.2 Å². The minimum absolute atomic E-state index is 0.154. The van der Waals surface area contributed by atoms with E-state index in [1.165, 1.54) is 5.56 Å². The van der Waals surface area contributed by atoms with Crippen LogP contribution in [0, 0.1) is 0 Å². The molecule has 2 heterocycles. The quantitative estimate of drug-likeness (QED) is 0.367. The number of hydrogen-bond acceptors (Lipinski definition) is 5. The van der Waals surface area contributed by atoms with Crippen LogP contribution < -0.4 is 5.32 Å². The molecule has 3 aromatic carbocycles. The van der Waals surface area contributed by atoms with Crippen molar-refractivity contribution in [3.63, 3.8) is 0 Å². The molecule has 1 saturated heterocycles. The number of benzene rings is 3. The van der Waals surface area contributed by atoms with Gasteiger partial charge in [-0.3, -0.25) is 14.7 Å². The Morgan fingerprint density at radius 2 is 1.34 bits per heavy atom. The summed E-state index contributed by atoms with van der Waals surface area (Å²) < 4.78 is 27.2. The molecule has 194 valence electrons. The maximum absolute atomic E-state index is 12.8. The van der Waals surface area contributed by atoms with Crippen LogP contribution in [-0.4, -0.2) is 54.7 Å². The topological polar surface area (TPSA) is 82.6 Å². The second kappa shape index (κ2) is 11.7. The molecule has 4 aromatic rings. The maximum Gasteiger partial charge on any atom is 0.255 e. The van der Waals surface area contributed by atoms with Gasteiger partial charge in [-0.05, 0) is 71.6 Å². The highest BCUT2D eigenvalue weighted by molar-refractivity contribution is 7.89. The Labute approximate surface area is 223 Å². The van der Waals surface area contributed by atoms with E-state index >= 15 is 0 Å². The van der Waals surface area contributed by atoms with Gasteiger partial charge in [-0.2, -0.15) is 4.31 Å². The molecule has 0 saturated carbocycles. The fraction of sp³-hybridized carbons (Fsp3) is 0.200. The van der Waals surface area contributed by atoms with E-state index in [0.717, 1.165) is 23.2 Å². The third-order valence-corrected chi connectivity index (χ3v) is 8.62. The number of sulfonamides is 1. The molecule has 38 heavy (non-hydrogen) atoms. The zero-order chi connectivity index (χ0) is 26.4. The number of amides is 1. The fourth-order valence-corrected chi connectivity index (χ4v) is 5.98. The summed E-state index contributed by atoms with van der Waals surface area (Å²) in [6.45, 7) is 2.94. The Balaban J connectivity index is 1.11. The lowest BCUT2D eigenvalue weighted by molar-refractivity contribution is 0.102. The van der Waals surface area contributed by atoms with Crippen LogP contribution in [0.1, 0.15) is 27.0 Å². The van der Waals surface area contributed by atoms with Crippen LogP contribution in [0.4, 0.5) is 5.69 Å². The second-order valence-electron chi connectivity index (χ2n) is 9.37. The lowest BCUT2D eigenvalue weighted by Gasteiger charge is -2.34. The summed E-state index contributed by atoms with van der Waals surface area (Å²) in [6.07, 6.45) is 4.39. The van der Waals surface area contributed by atoms with Crippen molar-refractivity contribution in [3.05, 3.63) is 126 Å². The number of nitrogens with one attached hydrogen (secondary N) is 1. The standard InChI is InChI=1S/C30H30N4O3S/c35-30(32-28-12-8-24(9-13-28)22-25-14-16-31-17-15-25)27-10-6-26(7-11-27)23-33-18-20-34(21-19-33)38(36,37)29-4-2-1-3-5-29/h1-17H,18-23H2,(H,32,35). The molecule has 0 aliphatic carbocycles. The highest BCUT2D eigenvalue weighted by atomic mass is 32.2. The summed E-state index contributed by atoms with van der Waals surface area (Å²) in [7, 11) is -3.46. The normalized spacial score (nSPS) is 14.7. The number of rotatable bonds is 8. The van der Waals surface area contributed by atoms with Gasteiger partial charge in [0.25, 0.3) is 5.91 Å². The van der Waals surface area contributed by atoms with Gasteiger partial charge in [-0.25, -0.2) is 8.42 Å². The van der Waals surface area contributed by atoms with E-state index in [1.807, 2.05) is 66.7 Å². The first-order valence-electron chi connectivity index (χ1n) is 12.6. The summed E-state index contributed by atoms with van der Waals surface area (Å²) in [5, 5.41) is 2.96. The van der Waals surface area contributed by atoms with Gasteiger partial charge >= 0.3 is 0 Å². The molecule has 0 atom stereocenters. The summed E-state index contributed by atoms with van der Waals surface area (Å²) in [4.78, 5) is 19.4. The Morgan fingerprint density at radius 1 is 0.737 bits per heavy atom. The largest absolute Gasteiger partial charge is 0.322 e. The number of pyridine rings is 1. The first-order valence-corrected chi connectivity index (χ1v) is 14.1. The molecule has 0 radical (unpaired) electrons. The summed E-state index contributed by atoms with van der Waals surface area (Å²) in [5.74, 6) is -0.154. The molecule has 8 heteroatoms. The van der Waals surface area contributed by atoms with Crippen molar-refractivity contribution in [2.45, 2.75) is 17.9 Å². The zero-order valence-electron chi connectivity index (χ0n) is 21.0. The van der Waals surface area contributed by atoms with Crippen LogP contribution >= 0.6 is 0 Å². The monoisotopic (exact) mass is 526 g/mol. The van der Waals surface area contributed by atoms with Crippen molar-refractivity contribution in [3.8, 4) is 0 Å². The van der Waals surface area contributed by atoms with E-state index < -0.39 is 10.0 Å². The van der Waals surface area contributed by atoms with Crippen molar-refractivity contribution < 1.29 is 13.2 Å². The molecule has 1 amide bonds. The van der Waals surface area contributed by atoms with E-state index in [4.69, 9.17) is 0 Å². The van der Waals surface area contributed by atoms with Gasteiger partial charge in [-0.15, -0.1) is 0 Å². The molecular weight excluding hydrogens is 496 g/mol. The number of anilines is 1. The van der Waals surface area contributed by atoms with Crippen molar-refractivity contribution in [1.82, 2.24) is 14.2 Å². The number of carbonyl (C=O) groups is 1. The first kappa shape index (κ1) is 25.8. The Bertz CT molecular complexity index is 1450. The van der Waals surface area contributed by atoms with Crippen LogP contribution in [-0.2, 0) is 23.0 Å². The molecule has 0 bridgehead atoms. The molecular formula is C30H30N4O3S. The Morgan fingerprint density at radius 3 is 2.00 bits per heavy atom. The van der Waals surface area contributed by atoms with Crippen LogP contribution in [0.15, 0.2) is 108 Å². The van der Waals surface area contributed by atoms with Crippen molar-refractivity contribution in [1.29, 1.82) is 0 Å². The average molecular weight is 527 g/mol. The zero-order valence-corrected chi connectivity index (χ0v) is 21.8. The van der Waals surface area contributed by atoms with Crippen molar-refractivity contribution in [2.24, 2.45) is 0 Å². The third-order valence-electron chi connectivity index (χ3n) is 6.70. The smallest absolute Gasteiger partial charge is 0.255 e. The van der Waals surface area contributed by atoms with Gasteiger partial charge in [-0.1, -0.05) is 42.5 Å². The van der Waals surface area contributed by atoms with E-state index in [2.05, 4.69) is 15.2 Å². The Kier molecular flexibility index (Phi) is 7.93. The number of carbonyl (C=O) groups excluding carboxylic acids is 1. The number of aromatic nitrogens is 1. The Hall–Kier alpha value is -3.85. The minimum Gasteiger partial charge on any atom is -0.322 e. The number of hydrogen-bond donors (Lipinski definition) is 1. The van der Waals surface area contributed by atoms with Crippen LogP contribution in [0.25, 0.3) is 0 Å². The van der Waals surface area contributed by atoms with Gasteiger partial charge < -0.3 is 5.32 Å². The third kappa shape index (κ3) is 6.34. The van der Waals surface area contributed by atoms with Crippen molar-refractivity contribution in [2.75, 3.05) is 31.5 Å². The summed E-state index contributed by atoms with van der Waals surface area (Å²) in [6, 6.07) is 28.0. The number of nitrogens with zero attached hydrogens (tertiary/aromatic N) is 3. The molecule has 1 aliphatic heterocycles. The second-order valence-corrected chi connectivity index (χ2v) is 11.3. The van der Waals surface area contributed by atoms with Crippen LogP contribution in [0.5, 0.6) is 0 Å². The number of piperazine rings is 1. The highest BCUT2D eigenvalue weighted by Gasteiger charge is 2.28. The van der Waals surface area contributed by atoms with Gasteiger partial charge in [0.1, 0.15) is 0 Å². The molecule has 7 nitrogen and oxygen atoms in total. The predicted molar refractivity (Wildman–Crippen MR) is 148 cm³/mol. The van der Waals surface area contributed by atoms with E-state index in [9.17, 15) is 13.2 Å². The van der Waals surface area contributed by atoms with Crippen LogP contribution in [0.3, 0.4) is 0 Å². The van der Waals surface area contributed by atoms with Crippen molar-refractivity contribution >= 4 is 21.6 Å². The molecule has 5 rings (SSSR count). The molecule has 1 fully saturated rings. The molecule has 0 unspecified atom stereocenters. The molecule has 1 N–H and O–H groups in total. The first-order chi connectivity index (χ1) is 18.5. The molecule has 1 aromatic heterocycles. The lowest BCUT2D eigenvalue weighted by Crippen LogP contribution is -2.48. The van der Waals surface area contributed by atoms with Crippen LogP contribution in [0.2, 0.25) is 0 Å². The maximum atomic E-state index is 12.8. The van der Waals surface area contributed by atoms with Gasteiger partial charge in [0.2, 0.25) is 10.0 Å². The fourth-order valence-electron chi connectivity index (χ4n) is 4.53. The lowest BCUT2D eigenvalue weighted by atomic mass is 10.1. The van der Waals surface area contributed by atoms with Gasteiger partial charge in [0.05, 0.1) is 4.90 Å². The van der Waals surface area contributed by atoms with E-state index in [-0.39, 0.29) is 5.91 Å². The molecule has 0 spiro atoms. The predicted octanol–water partition coefficient (Wildman–Crippen LogP) is 4.43. The SMILES string of the molecule is O=C(Nc1ccc(Cc2ccncc2)cc1)c1ccc(CN2CCN(S(=O)(=O)c3ccccc3)CC2)cc1. The minimum atomic E-state index is -3.46. The van der Waals surface area contributed by atoms with Gasteiger partial charge in [0, 0.05) is 56.4 Å². The average Bonchev–Trinajstić information content (AvgIpc) is 2.96. The molecule has 1 aliphatic rings.